The van der Waals surface area contributed by atoms with E-state index in [4.69, 9.17) is 0 Å². The van der Waals surface area contributed by atoms with Gasteiger partial charge in [0, 0.05) is 0 Å². The molecule has 0 aromatic carbocycles. The van der Waals surface area contributed by atoms with Gasteiger partial charge in [-0.15, -0.1) is 0 Å². The quantitative estimate of drug-likeness (QED) is 0.280. The highest BCUT2D eigenvalue weighted by Crippen LogP contribution is 1.74. The van der Waals surface area contributed by atoms with Crippen LogP contribution in [0.25, 0.3) is 0 Å². The van der Waals surface area contributed by atoms with Crippen LogP contribution in [-0.4, -0.2) is 26.2 Å². The topological polar surface area (TPSA) is 48.1 Å². The maximum atomic E-state index is 3.03. The third-order valence-corrected chi connectivity index (χ3v) is 1.31. The van der Waals surface area contributed by atoms with Crippen LogP contribution in [0, 0.1) is 13.3 Å². The lowest BCUT2D eigenvalue weighted by Crippen LogP contribution is -2.27. The Hall–Kier alpha value is -0.160. The van der Waals surface area contributed by atoms with Crippen molar-refractivity contribution in [1.82, 2.24) is 21.3 Å². The van der Waals surface area contributed by atoms with Crippen LogP contribution in [0.5, 0.6) is 0 Å². The molecule has 0 fully saturated rings. The first-order chi connectivity index (χ1) is 6.41. The monoisotopic (exact) mass is 184 g/mol. The largest absolute Gasteiger partial charge is 0.294 e. The molecule has 0 aliphatic heterocycles. The normalized spacial score (nSPS) is 10.6. The molecule has 0 saturated heterocycles. The summed E-state index contributed by atoms with van der Waals surface area (Å²) < 4.78 is 0. The van der Waals surface area contributed by atoms with Gasteiger partial charge < -0.3 is 0 Å². The van der Waals surface area contributed by atoms with E-state index in [0.29, 0.717) is 0 Å². The molecule has 0 amide bonds. The molecule has 4 heteroatoms. The molecule has 0 unspecified atom stereocenters. The van der Waals surface area contributed by atoms with E-state index in [0.717, 1.165) is 32.6 Å². The van der Waals surface area contributed by atoms with E-state index in [9.17, 15) is 0 Å². The standard InChI is InChI=1S/C9H20N4/c1-3-10-8-12-6-5-7-13-9-11-4-2/h10-13H,3-7H2,1-2H3. The van der Waals surface area contributed by atoms with E-state index in [-0.39, 0.29) is 0 Å². The SMILES string of the molecule is CCN[C]NCCCN[C]NCC. The Labute approximate surface area is 81.9 Å². The van der Waals surface area contributed by atoms with E-state index >= 15 is 0 Å². The molecule has 76 valence electrons. The van der Waals surface area contributed by atoms with Crippen molar-refractivity contribution < 1.29 is 0 Å². The Kier molecular flexibility index (Phi) is 11.7. The highest BCUT2D eigenvalue weighted by atomic mass is 15.1. The molecule has 4 radical (unpaired) electrons. The molecular formula is C9H20N4. The summed E-state index contributed by atoms with van der Waals surface area (Å²) >= 11 is 0. The molecule has 0 aliphatic rings. The number of hydrogen-bond acceptors (Lipinski definition) is 4. The first-order valence-electron chi connectivity index (χ1n) is 4.83. The smallest absolute Gasteiger partial charge is 0.140 e. The fourth-order valence-corrected chi connectivity index (χ4v) is 0.692. The molecule has 0 saturated carbocycles. The lowest BCUT2D eigenvalue weighted by atomic mass is 10.4. The predicted molar refractivity (Wildman–Crippen MR) is 54.5 cm³/mol. The average Bonchev–Trinajstić information content (AvgIpc) is 2.16. The van der Waals surface area contributed by atoms with Crippen molar-refractivity contribution >= 4 is 0 Å². The minimum atomic E-state index is 0.910. The summed E-state index contributed by atoms with van der Waals surface area (Å²) in [6, 6.07) is 0. The van der Waals surface area contributed by atoms with Crippen LogP contribution in [0.15, 0.2) is 0 Å². The summed E-state index contributed by atoms with van der Waals surface area (Å²) in [6.45, 7) is 13.5. The van der Waals surface area contributed by atoms with Crippen LogP contribution in [0.3, 0.4) is 0 Å². The van der Waals surface area contributed by atoms with Gasteiger partial charge in [0.25, 0.3) is 0 Å². The van der Waals surface area contributed by atoms with E-state index in [1.54, 1.807) is 0 Å². The molecule has 0 heterocycles. The van der Waals surface area contributed by atoms with Gasteiger partial charge in [0.15, 0.2) is 0 Å². The molecular weight excluding hydrogens is 164 g/mol. The van der Waals surface area contributed by atoms with Crippen LogP contribution in [0.2, 0.25) is 0 Å². The first kappa shape index (κ1) is 12.8. The summed E-state index contributed by atoms with van der Waals surface area (Å²) in [4.78, 5) is 0. The van der Waals surface area contributed by atoms with Gasteiger partial charge in [-0.3, -0.25) is 21.3 Å². The van der Waals surface area contributed by atoms with E-state index < -0.39 is 0 Å². The molecule has 4 nitrogen and oxygen atoms in total. The maximum Gasteiger partial charge on any atom is 0.140 e. The van der Waals surface area contributed by atoms with Crippen molar-refractivity contribution in [1.29, 1.82) is 0 Å². The Bertz CT molecular complexity index is 77.7. The van der Waals surface area contributed by atoms with Crippen molar-refractivity contribution in [3.63, 3.8) is 0 Å². The Morgan fingerprint density at radius 1 is 0.769 bits per heavy atom. The number of rotatable bonds is 10. The maximum absolute atomic E-state index is 3.03. The van der Waals surface area contributed by atoms with Crippen LogP contribution in [0.1, 0.15) is 20.3 Å². The summed E-state index contributed by atoms with van der Waals surface area (Å²) in [7, 11) is 0. The van der Waals surface area contributed by atoms with Gasteiger partial charge in [-0.25, -0.2) is 0 Å². The van der Waals surface area contributed by atoms with Crippen LogP contribution < -0.4 is 21.3 Å². The van der Waals surface area contributed by atoms with Crippen LogP contribution in [-0.2, 0) is 0 Å². The third-order valence-electron chi connectivity index (χ3n) is 1.31. The third kappa shape index (κ3) is 11.8. The second-order valence-corrected chi connectivity index (χ2v) is 2.52. The Morgan fingerprint density at radius 2 is 1.23 bits per heavy atom. The minimum Gasteiger partial charge on any atom is -0.294 e. The highest BCUT2D eigenvalue weighted by molar-refractivity contribution is 4.61. The number of nitrogens with one attached hydrogen (secondary N) is 4. The highest BCUT2D eigenvalue weighted by Gasteiger charge is 1.88. The van der Waals surface area contributed by atoms with Gasteiger partial charge in [0.1, 0.15) is 13.3 Å². The summed E-state index contributed by atoms with van der Waals surface area (Å²) in [5, 5.41) is 12.0. The van der Waals surface area contributed by atoms with E-state index in [2.05, 4.69) is 34.6 Å². The van der Waals surface area contributed by atoms with E-state index in [1.165, 1.54) is 0 Å². The van der Waals surface area contributed by atoms with Crippen molar-refractivity contribution in [3.8, 4) is 0 Å². The number of hydrogen-bond donors (Lipinski definition) is 4. The molecule has 0 aromatic heterocycles. The zero-order valence-electron chi connectivity index (χ0n) is 8.54. The van der Waals surface area contributed by atoms with Gasteiger partial charge in [0.05, 0.1) is 0 Å². The summed E-state index contributed by atoms with van der Waals surface area (Å²) in [5.41, 5.74) is 0. The fraction of sp³-hybridized carbons (Fsp3) is 0.778. The second-order valence-electron chi connectivity index (χ2n) is 2.52. The summed E-state index contributed by atoms with van der Waals surface area (Å²) in [5.74, 6) is 0. The molecule has 0 rings (SSSR count). The minimum absolute atomic E-state index is 0.910. The Morgan fingerprint density at radius 3 is 1.62 bits per heavy atom. The van der Waals surface area contributed by atoms with Crippen LogP contribution in [0.4, 0.5) is 0 Å². The molecule has 0 atom stereocenters. The molecule has 4 N–H and O–H groups in total. The van der Waals surface area contributed by atoms with Gasteiger partial charge in [-0.1, -0.05) is 13.8 Å². The second kappa shape index (κ2) is 11.8. The molecule has 0 aliphatic carbocycles. The van der Waals surface area contributed by atoms with Crippen molar-refractivity contribution in [3.05, 3.63) is 13.3 Å². The Balaban J connectivity index is 2.76. The van der Waals surface area contributed by atoms with E-state index in [1.807, 2.05) is 13.8 Å². The van der Waals surface area contributed by atoms with Gasteiger partial charge in [0.2, 0.25) is 0 Å². The van der Waals surface area contributed by atoms with Crippen molar-refractivity contribution in [2.75, 3.05) is 26.2 Å². The zero-order valence-corrected chi connectivity index (χ0v) is 8.54. The lowest BCUT2D eigenvalue weighted by molar-refractivity contribution is 0.613. The van der Waals surface area contributed by atoms with Crippen LogP contribution >= 0.6 is 0 Å². The predicted octanol–water partition coefficient (Wildman–Crippen LogP) is -0.233. The summed E-state index contributed by atoms with van der Waals surface area (Å²) in [6.07, 6.45) is 1.05. The molecule has 13 heavy (non-hydrogen) atoms. The zero-order chi connectivity index (χ0) is 9.78. The van der Waals surface area contributed by atoms with Gasteiger partial charge in [-0.2, -0.15) is 0 Å². The van der Waals surface area contributed by atoms with Gasteiger partial charge >= 0.3 is 0 Å². The van der Waals surface area contributed by atoms with Crippen molar-refractivity contribution in [2.45, 2.75) is 20.3 Å². The van der Waals surface area contributed by atoms with Gasteiger partial charge in [-0.05, 0) is 32.6 Å². The van der Waals surface area contributed by atoms with Crippen molar-refractivity contribution in [2.24, 2.45) is 0 Å². The molecule has 0 spiro atoms. The first-order valence-corrected chi connectivity index (χ1v) is 4.83. The molecule has 0 bridgehead atoms. The lowest BCUT2D eigenvalue weighted by Gasteiger charge is -2.04. The fourth-order valence-electron chi connectivity index (χ4n) is 0.692. The molecule has 0 aromatic rings. The average molecular weight is 184 g/mol.